The molecule has 0 atom stereocenters. The Balaban J connectivity index is 1.31. The fourth-order valence-corrected chi connectivity index (χ4v) is 3.59. The minimum absolute atomic E-state index is 0.112. The van der Waals surface area contributed by atoms with E-state index in [-0.39, 0.29) is 18.3 Å². The van der Waals surface area contributed by atoms with E-state index in [1.807, 2.05) is 54.3 Å². The Labute approximate surface area is 176 Å². The molecule has 1 saturated heterocycles. The highest BCUT2D eigenvalue weighted by Gasteiger charge is 2.19. The number of rotatable bonds is 5. The third-order valence-electron chi connectivity index (χ3n) is 5.20. The molecule has 4 rings (SSSR count). The lowest BCUT2D eigenvalue weighted by Crippen LogP contribution is -2.43. The number of hydrogen-bond acceptors (Lipinski definition) is 6. The fourth-order valence-electron chi connectivity index (χ4n) is 3.59. The van der Waals surface area contributed by atoms with E-state index < -0.39 is 0 Å². The van der Waals surface area contributed by atoms with Crippen molar-refractivity contribution in [1.29, 1.82) is 5.26 Å². The number of amides is 1. The normalized spacial score (nSPS) is 16.3. The van der Waals surface area contributed by atoms with Crippen LogP contribution in [0.1, 0.15) is 11.1 Å². The van der Waals surface area contributed by atoms with Gasteiger partial charge in [-0.25, -0.2) is 0 Å². The van der Waals surface area contributed by atoms with Gasteiger partial charge < -0.3 is 19.7 Å². The molecule has 2 aromatic carbocycles. The van der Waals surface area contributed by atoms with Gasteiger partial charge in [-0.3, -0.25) is 9.69 Å². The van der Waals surface area contributed by atoms with Crippen LogP contribution in [0.4, 0.5) is 5.69 Å². The molecule has 2 aliphatic heterocycles. The second-order valence-electron chi connectivity index (χ2n) is 7.48. The molecule has 0 unspecified atom stereocenters. The van der Waals surface area contributed by atoms with Gasteiger partial charge in [-0.05, 0) is 42.3 Å². The van der Waals surface area contributed by atoms with Crippen molar-refractivity contribution in [2.75, 3.05) is 38.3 Å². The van der Waals surface area contributed by atoms with Gasteiger partial charge in [-0.1, -0.05) is 18.2 Å². The zero-order chi connectivity index (χ0) is 20.9. The van der Waals surface area contributed by atoms with Crippen molar-refractivity contribution >= 4 is 11.6 Å². The van der Waals surface area contributed by atoms with Crippen molar-refractivity contribution in [2.45, 2.75) is 13.5 Å². The second kappa shape index (κ2) is 8.89. The number of carbonyl (C=O) groups excluding carboxylic acids is 1. The Bertz CT molecular complexity index is 1000. The molecule has 2 aromatic rings. The van der Waals surface area contributed by atoms with Crippen LogP contribution < -0.4 is 14.8 Å². The van der Waals surface area contributed by atoms with E-state index in [4.69, 9.17) is 9.47 Å². The standard InChI is InChI=1S/C23H24N4O3/c1-17-3-2-4-20(11-17)25-23(28)19(13-24)15-27-9-7-26(8-10-27)14-18-5-6-21-22(12-18)30-16-29-21/h2-6,11-12,15H,7-10,14,16H2,1H3,(H,25,28)/b19-15-. The van der Waals surface area contributed by atoms with Crippen LogP contribution in [0.3, 0.4) is 0 Å². The number of fused-ring (bicyclic) bond motifs is 1. The number of benzene rings is 2. The van der Waals surface area contributed by atoms with Crippen molar-refractivity contribution in [1.82, 2.24) is 9.80 Å². The molecule has 0 spiro atoms. The zero-order valence-corrected chi connectivity index (χ0v) is 16.9. The summed E-state index contributed by atoms with van der Waals surface area (Å²) < 4.78 is 10.8. The lowest BCUT2D eigenvalue weighted by molar-refractivity contribution is -0.112. The van der Waals surface area contributed by atoms with Crippen molar-refractivity contribution < 1.29 is 14.3 Å². The largest absolute Gasteiger partial charge is 0.454 e. The minimum atomic E-state index is -0.383. The Morgan fingerprint density at radius 2 is 1.93 bits per heavy atom. The number of ether oxygens (including phenoxy) is 2. The number of anilines is 1. The zero-order valence-electron chi connectivity index (χ0n) is 16.9. The van der Waals surface area contributed by atoms with Gasteiger partial charge in [-0.15, -0.1) is 0 Å². The lowest BCUT2D eigenvalue weighted by atomic mass is 10.1. The van der Waals surface area contributed by atoms with E-state index >= 15 is 0 Å². The molecule has 0 bridgehead atoms. The van der Waals surface area contributed by atoms with E-state index in [1.165, 1.54) is 5.56 Å². The van der Waals surface area contributed by atoms with Gasteiger partial charge in [0.15, 0.2) is 11.5 Å². The predicted octanol–water partition coefficient (Wildman–Crippen LogP) is 2.89. The molecule has 7 heteroatoms. The van der Waals surface area contributed by atoms with Gasteiger partial charge in [-0.2, -0.15) is 5.26 Å². The number of hydrogen-bond donors (Lipinski definition) is 1. The highest BCUT2D eigenvalue weighted by Crippen LogP contribution is 2.32. The summed E-state index contributed by atoms with van der Waals surface area (Å²) in [6, 6.07) is 15.6. The maximum Gasteiger partial charge on any atom is 0.267 e. The summed E-state index contributed by atoms with van der Waals surface area (Å²) in [6.07, 6.45) is 1.67. The van der Waals surface area contributed by atoms with Crippen LogP contribution in [0, 0.1) is 18.3 Å². The van der Waals surface area contributed by atoms with E-state index in [0.717, 1.165) is 49.8 Å². The summed E-state index contributed by atoms with van der Waals surface area (Å²) in [4.78, 5) is 16.8. The topological polar surface area (TPSA) is 77.8 Å². The molecular weight excluding hydrogens is 380 g/mol. The summed E-state index contributed by atoms with van der Waals surface area (Å²) in [6.45, 7) is 6.28. The van der Waals surface area contributed by atoms with Crippen molar-refractivity contribution in [2.24, 2.45) is 0 Å². The summed E-state index contributed by atoms with van der Waals surface area (Å²) >= 11 is 0. The first kappa shape index (κ1) is 19.8. The van der Waals surface area contributed by atoms with Gasteiger partial charge >= 0.3 is 0 Å². The van der Waals surface area contributed by atoms with Crippen molar-refractivity contribution in [3.63, 3.8) is 0 Å². The first-order chi connectivity index (χ1) is 14.6. The lowest BCUT2D eigenvalue weighted by Gasteiger charge is -2.34. The molecule has 2 aliphatic rings. The highest BCUT2D eigenvalue weighted by molar-refractivity contribution is 6.06. The quantitative estimate of drug-likeness (QED) is 0.610. The number of aryl methyl sites for hydroxylation is 1. The van der Waals surface area contributed by atoms with Crippen LogP contribution in [0.2, 0.25) is 0 Å². The molecule has 0 saturated carbocycles. The van der Waals surface area contributed by atoms with Crippen LogP contribution in [0.25, 0.3) is 0 Å². The smallest absolute Gasteiger partial charge is 0.267 e. The molecule has 0 radical (unpaired) electrons. The van der Waals surface area contributed by atoms with E-state index in [1.54, 1.807) is 6.20 Å². The van der Waals surface area contributed by atoms with Gasteiger partial charge in [0, 0.05) is 44.6 Å². The monoisotopic (exact) mass is 404 g/mol. The van der Waals surface area contributed by atoms with E-state index in [9.17, 15) is 10.1 Å². The number of piperazine rings is 1. The summed E-state index contributed by atoms with van der Waals surface area (Å²) in [5.74, 6) is 1.21. The first-order valence-corrected chi connectivity index (χ1v) is 9.95. The van der Waals surface area contributed by atoms with Crippen LogP contribution in [-0.4, -0.2) is 48.7 Å². The number of carbonyl (C=O) groups is 1. The molecule has 1 fully saturated rings. The SMILES string of the molecule is Cc1cccc(NC(=O)/C(C#N)=C\N2CCN(Cc3ccc4c(c3)OCO4)CC2)c1. The number of nitriles is 1. The van der Waals surface area contributed by atoms with E-state index in [0.29, 0.717) is 5.69 Å². The Morgan fingerprint density at radius 3 is 2.70 bits per heavy atom. The van der Waals surface area contributed by atoms with Crippen molar-refractivity contribution in [3.8, 4) is 17.6 Å². The van der Waals surface area contributed by atoms with Gasteiger partial charge in [0.1, 0.15) is 11.6 Å². The molecule has 154 valence electrons. The average Bonchev–Trinajstić information content (AvgIpc) is 3.21. The van der Waals surface area contributed by atoms with Crippen LogP contribution in [0.15, 0.2) is 54.2 Å². The van der Waals surface area contributed by atoms with Gasteiger partial charge in [0.2, 0.25) is 6.79 Å². The molecule has 0 aliphatic carbocycles. The average molecular weight is 404 g/mol. The molecular formula is C23H24N4O3. The highest BCUT2D eigenvalue weighted by atomic mass is 16.7. The third kappa shape index (κ3) is 4.73. The Hall–Kier alpha value is -3.50. The van der Waals surface area contributed by atoms with Crippen LogP contribution >= 0.6 is 0 Å². The van der Waals surface area contributed by atoms with Crippen LogP contribution in [0.5, 0.6) is 11.5 Å². The molecule has 1 amide bonds. The second-order valence-corrected chi connectivity index (χ2v) is 7.48. The maximum atomic E-state index is 12.5. The summed E-state index contributed by atoms with van der Waals surface area (Å²) in [7, 11) is 0. The van der Waals surface area contributed by atoms with E-state index in [2.05, 4.69) is 16.3 Å². The molecule has 2 heterocycles. The number of nitrogens with zero attached hydrogens (tertiary/aromatic N) is 3. The molecule has 7 nitrogen and oxygen atoms in total. The summed E-state index contributed by atoms with van der Waals surface area (Å²) in [5, 5.41) is 12.2. The Morgan fingerprint density at radius 1 is 1.13 bits per heavy atom. The first-order valence-electron chi connectivity index (χ1n) is 9.95. The number of nitrogens with one attached hydrogen (secondary N) is 1. The van der Waals surface area contributed by atoms with Crippen LogP contribution in [-0.2, 0) is 11.3 Å². The third-order valence-corrected chi connectivity index (χ3v) is 5.20. The fraction of sp³-hybridized carbons (Fsp3) is 0.304. The Kier molecular flexibility index (Phi) is 5.87. The maximum absolute atomic E-state index is 12.5. The minimum Gasteiger partial charge on any atom is -0.454 e. The summed E-state index contributed by atoms with van der Waals surface area (Å²) in [5.41, 5.74) is 3.03. The predicted molar refractivity (Wildman–Crippen MR) is 113 cm³/mol. The van der Waals surface area contributed by atoms with Gasteiger partial charge in [0.05, 0.1) is 0 Å². The van der Waals surface area contributed by atoms with Gasteiger partial charge in [0.25, 0.3) is 5.91 Å². The van der Waals surface area contributed by atoms with Crippen molar-refractivity contribution in [3.05, 3.63) is 65.4 Å². The molecule has 0 aromatic heterocycles. The molecule has 1 N–H and O–H groups in total. The molecule has 30 heavy (non-hydrogen) atoms.